The van der Waals surface area contributed by atoms with Crippen LogP contribution in [0.25, 0.3) is 11.3 Å². The lowest BCUT2D eigenvalue weighted by molar-refractivity contribution is -0.157. The Labute approximate surface area is 266 Å². The van der Waals surface area contributed by atoms with Gasteiger partial charge in [0.05, 0.1) is 29.9 Å². The number of ether oxygens (including phenoxy) is 2. The molecule has 238 valence electrons. The van der Waals surface area contributed by atoms with Crippen LogP contribution >= 0.6 is 11.8 Å². The molecule has 0 saturated carbocycles. The molecule has 11 heteroatoms. The number of carbonyl (C=O) groups is 2. The van der Waals surface area contributed by atoms with Crippen molar-refractivity contribution in [2.45, 2.75) is 51.4 Å². The van der Waals surface area contributed by atoms with Gasteiger partial charge in [0.1, 0.15) is 29.4 Å². The number of aryl methyl sites for hydroxylation is 1. The standard InChI is InChI=1S/C34H38F2N4O4S/c1-34(2,3)44-33(42)29(17-19-45-5)39-32(41)27-14-15-28(38-30(27)22-6-10-24(35)11-7-22)31(23-8-12-25(36)13-9-23)43-18-16-26-20-37-21-40(26)4/h6-15,20-21,29,31H,16-19H2,1-5H3,(H,39,41)/t29-,31?/m0/s1. The van der Waals surface area contributed by atoms with Gasteiger partial charge in [0.25, 0.3) is 5.91 Å². The first-order chi connectivity index (χ1) is 21.4. The van der Waals surface area contributed by atoms with Gasteiger partial charge in [-0.3, -0.25) is 4.79 Å². The number of esters is 1. The molecule has 2 atom stereocenters. The van der Waals surface area contributed by atoms with Crippen molar-refractivity contribution in [3.63, 3.8) is 0 Å². The number of rotatable bonds is 13. The maximum Gasteiger partial charge on any atom is 0.329 e. The molecule has 2 aromatic carbocycles. The summed E-state index contributed by atoms with van der Waals surface area (Å²) in [4.78, 5) is 35.8. The fourth-order valence-corrected chi connectivity index (χ4v) is 5.09. The molecule has 1 amide bonds. The van der Waals surface area contributed by atoms with Crippen LogP contribution < -0.4 is 5.32 Å². The quantitative estimate of drug-likeness (QED) is 0.172. The van der Waals surface area contributed by atoms with Gasteiger partial charge in [-0.2, -0.15) is 11.8 Å². The third-order valence-corrected chi connectivity index (χ3v) is 7.53. The molecule has 4 rings (SSSR count). The molecule has 2 aromatic heterocycles. The van der Waals surface area contributed by atoms with E-state index in [-0.39, 0.29) is 17.1 Å². The Morgan fingerprint density at radius 2 is 1.67 bits per heavy atom. The van der Waals surface area contributed by atoms with Crippen LogP contribution in [0.5, 0.6) is 0 Å². The topological polar surface area (TPSA) is 95.3 Å². The highest BCUT2D eigenvalue weighted by Crippen LogP contribution is 2.30. The van der Waals surface area contributed by atoms with Crippen molar-refractivity contribution in [3.05, 3.63) is 107 Å². The van der Waals surface area contributed by atoms with Crippen LogP contribution in [-0.4, -0.2) is 56.7 Å². The van der Waals surface area contributed by atoms with Crippen LogP contribution in [0.2, 0.25) is 0 Å². The van der Waals surface area contributed by atoms with E-state index in [0.29, 0.717) is 42.0 Å². The van der Waals surface area contributed by atoms with Crippen molar-refractivity contribution in [1.82, 2.24) is 19.9 Å². The fourth-order valence-electron chi connectivity index (χ4n) is 4.62. The van der Waals surface area contributed by atoms with Gasteiger partial charge in [-0.05, 0) is 93.3 Å². The summed E-state index contributed by atoms with van der Waals surface area (Å²) in [7, 11) is 1.90. The summed E-state index contributed by atoms with van der Waals surface area (Å²) in [5, 5.41) is 2.83. The largest absolute Gasteiger partial charge is 0.458 e. The number of hydrogen-bond acceptors (Lipinski definition) is 7. The zero-order valence-corrected chi connectivity index (χ0v) is 26.9. The lowest BCUT2D eigenvalue weighted by Crippen LogP contribution is -2.44. The second-order valence-corrected chi connectivity index (χ2v) is 12.5. The molecule has 1 N–H and O–H groups in total. The van der Waals surface area contributed by atoms with E-state index in [4.69, 9.17) is 14.5 Å². The van der Waals surface area contributed by atoms with Gasteiger partial charge in [-0.1, -0.05) is 12.1 Å². The lowest BCUT2D eigenvalue weighted by atomic mass is 10.0. The van der Waals surface area contributed by atoms with Crippen molar-refractivity contribution < 1.29 is 27.8 Å². The van der Waals surface area contributed by atoms with E-state index in [0.717, 1.165) is 5.69 Å². The predicted molar refractivity (Wildman–Crippen MR) is 171 cm³/mol. The molecule has 8 nitrogen and oxygen atoms in total. The Hall–Kier alpha value is -4.09. The summed E-state index contributed by atoms with van der Waals surface area (Å²) in [6, 6.07) is 14.0. The zero-order valence-electron chi connectivity index (χ0n) is 26.1. The second kappa shape index (κ2) is 15.3. The number of thioether (sulfide) groups is 1. The maximum absolute atomic E-state index is 13.9. The highest BCUT2D eigenvalue weighted by Gasteiger charge is 2.28. The Kier molecular flexibility index (Phi) is 11.5. The Balaban J connectivity index is 1.71. The van der Waals surface area contributed by atoms with Crippen molar-refractivity contribution in [2.24, 2.45) is 7.05 Å². The van der Waals surface area contributed by atoms with Gasteiger partial charge in [0, 0.05) is 30.9 Å². The predicted octanol–water partition coefficient (Wildman–Crippen LogP) is 6.30. The average Bonchev–Trinajstić information content (AvgIpc) is 3.41. The Morgan fingerprint density at radius 3 is 2.27 bits per heavy atom. The highest BCUT2D eigenvalue weighted by atomic mass is 32.2. The molecule has 0 bridgehead atoms. The number of benzene rings is 2. The number of halogens is 2. The molecule has 1 unspecified atom stereocenters. The van der Waals surface area contributed by atoms with Gasteiger partial charge in [0.2, 0.25) is 0 Å². The molecule has 2 heterocycles. The molecular weight excluding hydrogens is 598 g/mol. The van der Waals surface area contributed by atoms with Crippen molar-refractivity contribution in [3.8, 4) is 11.3 Å². The SMILES string of the molecule is CSCC[C@H](NC(=O)c1ccc(C(OCCc2cncn2C)c2ccc(F)cc2)nc1-c1ccc(F)cc1)C(=O)OC(C)(C)C. The van der Waals surface area contributed by atoms with Gasteiger partial charge < -0.3 is 19.4 Å². The van der Waals surface area contributed by atoms with E-state index in [9.17, 15) is 18.4 Å². The van der Waals surface area contributed by atoms with Crippen molar-refractivity contribution in [1.29, 1.82) is 0 Å². The number of carbonyl (C=O) groups excluding carboxylic acids is 2. The monoisotopic (exact) mass is 636 g/mol. The van der Waals surface area contributed by atoms with E-state index < -0.39 is 35.4 Å². The van der Waals surface area contributed by atoms with Crippen molar-refractivity contribution in [2.75, 3.05) is 18.6 Å². The van der Waals surface area contributed by atoms with Gasteiger partial charge in [-0.25, -0.2) is 23.5 Å². The van der Waals surface area contributed by atoms with E-state index in [2.05, 4.69) is 10.3 Å². The Morgan fingerprint density at radius 1 is 1.00 bits per heavy atom. The average molecular weight is 637 g/mol. The maximum atomic E-state index is 13.9. The fraction of sp³-hybridized carbons (Fsp3) is 0.353. The van der Waals surface area contributed by atoms with Gasteiger partial charge in [0.15, 0.2) is 0 Å². The van der Waals surface area contributed by atoms with Crippen LogP contribution in [0.1, 0.15) is 60.6 Å². The molecule has 0 aliphatic rings. The van der Waals surface area contributed by atoms with Gasteiger partial charge >= 0.3 is 5.97 Å². The first-order valence-corrected chi connectivity index (χ1v) is 16.0. The Bertz CT molecular complexity index is 1590. The molecule has 4 aromatic rings. The third-order valence-electron chi connectivity index (χ3n) is 6.89. The van der Waals surface area contributed by atoms with E-state index in [1.165, 1.54) is 36.4 Å². The normalized spacial score (nSPS) is 12.9. The molecule has 0 aliphatic heterocycles. The summed E-state index contributed by atoms with van der Waals surface area (Å²) in [6.07, 6.45) is 5.63. The minimum absolute atomic E-state index is 0.191. The van der Waals surface area contributed by atoms with Crippen LogP contribution in [0, 0.1) is 11.6 Å². The summed E-state index contributed by atoms with van der Waals surface area (Å²) >= 11 is 1.55. The molecule has 0 saturated heterocycles. The van der Waals surface area contributed by atoms with E-state index in [1.54, 1.807) is 69.3 Å². The third kappa shape index (κ3) is 9.45. The molecule has 0 fully saturated rings. The second-order valence-electron chi connectivity index (χ2n) is 11.5. The highest BCUT2D eigenvalue weighted by molar-refractivity contribution is 7.98. The van der Waals surface area contributed by atoms with E-state index in [1.807, 2.05) is 17.9 Å². The van der Waals surface area contributed by atoms with Crippen LogP contribution in [0.4, 0.5) is 8.78 Å². The number of nitrogens with zero attached hydrogens (tertiary/aromatic N) is 3. The summed E-state index contributed by atoms with van der Waals surface area (Å²) in [5.41, 5.74) is 2.34. The van der Waals surface area contributed by atoms with Crippen molar-refractivity contribution >= 4 is 23.6 Å². The molecule has 45 heavy (non-hydrogen) atoms. The summed E-state index contributed by atoms with van der Waals surface area (Å²) in [5.74, 6) is -1.26. The molecule has 0 spiro atoms. The minimum atomic E-state index is -0.882. The van der Waals surface area contributed by atoms with Crippen LogP contribution in [-0.2, 0) is 27.7 Å². The minimum Gasteiger partial charge on any atom is -0.458 e. The molecule has 0 radical (unpaired) electrons. The summed E-state index contributed by atoms with van der Waals surface area (Å²) in [6.45, 7) is 5.61. The molecular formula is C34H38F2N4O4S. The molecule has 0 aliphatic carbocycles. The smallest absolute Gasteiger partial charge is 0.329 e. The van der Waals surface area contributed by atoms with E-state index >= 15 is 0 Å². The van der Waals surface area contributed by atoms with Gasteiger partial charge in [-0.15, -0.1) is 0 Å². The first-order valence-electron chi connectivity index (χ1n) is 14.6. The number of pyridine rings is 1. The number of amides is 1. The number of imidazole rings is 1. The number of hydrogen-bond donors (Lipinski definition) is 1. The number of nitrogens with one attached hydrogen (secondary N) is 1. The van der Waals surface area contributed by atoms with Crippen LogP contribution in [0.3, 0.4) is 0 Å². The first kappa shape index (κ1) is 33.8. The van der Waals surface area contributed by atoms with Crippen LogP contribution in [0.15, 0.2) is 73.2 Å². The zero-order chi connectivity index (χ0) is 32.6. The lowest BCUT2D eigenvalue weighted by Gasteiger charge is -2.25. The summed E-state index contributed by atoms with van der Waals surface area (Å²) < 4.78 is 41.6. The number of aromatic nitrogens is 3.